The monoisotopic (exact) mass is 448 g/mol. The van der Waals surface area contributed by atoms with Crippen LogP contribution in [0.3, 0.4) is 0 Å². The summed E-state index contributed by atoms with van der Waals surface area (Å²) in [5.41, 5.74) is 3.01. The van der Waals surface area contributed by atoms with Crippen molar-refractivity contribution in [3.05, 3.63) is 51.1 Å². The van der Waals surface area contributed by atoms with Crippen LogP contribution in [0.2, 0.25) is 0 Å². The van der Waals surface area contributed by atoms with Gasteiger partial charge in [0.15, 0.2) is 0 Å². The maximum absolute atomic E-state index is 9.12. The second-order valence-electron chi connectivity index (χ2n) is 6.00. The maximum atomic E-state index is 9.12. The van der Waals surface area contributed by atoms with Gasteiger partial charge in [0.2, 0.25) is 0 Å². The standard InChI is InChI=1S/C18H16N4S5/c1-9-10(2)22(4)14(21(9)3)16-26-17-18(27-16)25-15(24-17)13-6-5-12(23-13)11(7-19)8-20/h5-7,19H,1-4H3/b12-11-,19-7?. The Morgan fingerprint density at radius 3 is 2.04 bits per heavy atom. The Morgan fingerprint density at radius 2 is 1.52 bits per heavy atom. The molecule has 0 atom stereocenters. The van der Waals surface area contributed by atoms with Gasteiger partial charge in [0.1, 0.15) is 11.9 Å². The van der Waals surface area contributed by atoms with E-state index in [1.54, 1.807) is 11.3 Å². The molecule has 0 spiro atoms. The number of hydrogen-bond donors (Lipinski definition) is 1. The molecule has 9 heteroatoms. The fourth-order valence-electron chi connectivity index (χ4n) is 2.83. The first-order chi connectivity index (χ1) is 12.9. The molecule has 0 saturated heterocycles. The van der Waals surface area contributed by atoms with Gasteiger partial charge in [-0.15, -0.1) is 11.3 Å². The van der Waals surface area contributed by atoms with Gasteiger partial charge in [0.05, 0.1) is 22.5 Å². The summed E-state index contributed by atoms with van der Waals surface area (Å²) >= 11 is 8.93. The van der Waals surface area contributed by atoms with E-state index in [0.717, 1.165) is 10.7 Å². The van der Waals surface area contributed by atoms with E-state index in [1.165, 1.54) is 38.7 Å². The summed E-state index contributed by atoms with van der Waals surface area (Å²) in [5.74, 6) is 1.26. The van der Waals surface area contributed by atoms with E-state index in [9.17, 15) is 0 Å². The van der Waals surface area contributed by atoms with Gasteiger partial charge >= 0.3 is 0 Å². The SMILES string of the molecule is CC1=C(C)N(C)C(=C2SC3=C(S2)SC(=c2cc/c(=C(/C#N)C=N)s2)S3)N1C. The van der Waals surface area contributed by atoms with Gasteiger partial charge in [0.25, 0.3) is 0 Å². The normalized spacial score (nSPS) is 20.8. The van der Waals surface area contributed by atoms with E-state index in [1.807, 2.05) is 53.1 Å². The van der Waals surface area contributed by atoms with Crippen LogP contribution < -0.4 is 9.06 Å². The fourth-order valence-corrected chi connectivity index (χ4v) is 10.5. The Kier molecular flexibility index (Phi) is 5.20. The molecule has 1 N–H and O–H groups in total. The Labute approximate surface area is 179 Å². The molecule has 0 aliphatic carbocycles. The smallest absolute Gasteiger partial charge is 0.133 e. The van der Waals surface area contributed by atoms with Crippen molar-refractivity contribution in [2.75, 3.05) is 14.1 Å². The molecule has 0 bridgehead atoms. The number of rotatable bonds is 1. The molecule has 27 heavy (non-hydrogen) atoms. The van der Waals surface area contributed by atoms with Gasteiger partial charge in [0, 0.05) is 40.8 Å². The number of allylic oxidation sites excluding steroid dienone is 2. The van der Waals surface area contributed by atoms with Crippen molar-refractivity contribution in [1.82, 2.24) is 9.80 Å². The van der Waals surface area contributed by atoms with Gasteiger partial charge < -0.3 is 15.2 Å². The number of hydrogen-bond acceptors (Lipinski definition) is 9. The van der Waals surface area contributed by atoms with E-state index >= 15 is 0 Å². The van der Waals surface area contributed by atoms with Gasteiger partial charge in [-0.05, 0) is 26.0 Å². The summed E-state index contributed by atoms with van der Waals surface area (Å²) in [6.07, 6.45) is 1.13. The van der Waals surface area contributed by atoms with Gasteiger partial charge in [-0.25, -0.2) is 0 Å². The van der Waals surface area contributed by atoms with Crippen LogP contribution in [0.4, 0.5) is 0 Å². The van der Waals surface area contributed by atoms with E-state index < -0.39 is 0 Å². The highest BCUT2D eigenvalue weighted by atomic mass is 32.3. The van der Waals surface area contributed by atoms with Crippen LogP contribution in [0.1, 0.15) is 13.8 Å². The molecule has 3 aliphatic heterocycles. The third-order valence-corrected chi connectivity index (χ3v) is 11.6. The second kappa shape index (κ2) is 7.33. The lowest BCUT2D eigenvalue weighted by Gasteiger charge is -2.22. The predicted octanol–water partition coefficient (Wildman–Crippen LogP) is 4.48. The summed E-state index contributed by atoms with van der Waals surface area (Å²) in [7, 11) is 4.26. The molecule has 1 aromatic rings. The predicted molar refractivity (Wildman–Crippen MR) is 123 cm³/mol. The van der Waals surface area contributed by atoms with Crippen molar-refractivity contribution < 1.29 is 0 Å². The van der Waals surface area contributed by atoms with Crippen molar-refractivity contribution in [2.45, 2.75) is 13.8 Å². The number of thiophene rings is 1. The van der Waals surface area contributed by atoms with E-state index in [-0.39, 0.29) is 0 Å². The van der Waals surface area contributed by atoms with E-state index in [0.29, 0.717) is 5.57 Å². The molecule has 4 heterocycles. The zero-order valence-corrected chi connectivity index (χ0v) is 19.2. The van der Waals surface area contributed by atoms with Crippen molar-refractivity contribution in [3.8, 4) is 6.07 Å². The average molecular weight is 449 g/mol. The summed E-state index contributed by atoms with van der Waals surface area (Å²) in [4.78, 5) is 4.55. The van der Waals surface area contributed by atoms with E-state index in [2.05, 4.69) is 49.9 Å². The van der Waals surface area contributed by atoms with Gasteiger partial charge in [-0.1, -0.05) is 47.0 Å². The van der Waals surface area contributed by atoms with Crippen molar-refractivity contribution in [1.29, 1.82) is 10.7 Å². The number of nitriles is 1. The number of nitrogens with zero attached hydrogens (tertiary/aromatic N) is 3. The molecule has 4 rings (SSSR count). The molecule has 0 radical (unpaired) electrons. The third-order valence-electron chi connectivity index (χ3n) is 4.59. The molecular weight excluding hydrogens is 433 g/mol. The van der Waals surface area contributed by atoms with Crippen LogP contribution in [0, 0.1) is 16.7 Å². The minimum absolute atomic E-state index is 0.418. The maximum Gasteiger partial charge on any atom is 0.133 e. The Morgan fingerprint density at radius 1 is 0.963 bits per heavy atom. The summed E-state index contributed by atoms with van der Waals surface area (Å²) < 4.78 is 7.31. The molecule has 0 unspecified atom stereocenters. The lowest BCUT2D eigenvalue weighted by molar-refractivity contribution is 0.423. The van der Waals surface area contributed by atoms with Crippen molar-refractivity contribution >= 4 is 74.4 Å². The van der Waals surface area contributed by atoms with Crippen LogP contribution in [0.5, 0.6) is 0 Å². The molecule has 3 aliphatic rings. The van der Waals surface area contributed by atoms with Crippen molar-refractivity contribution in [3.63, 3.8) is 0 Å². The molecule has 4 nitrogen and oxygen atoms in total. The van der Waals surface area contributed by atoms with Crippen LogP contribution in [-0.2, 0) is 0 Å². The van der Waals surface area contributed by atoms with Crippen LogP contribution in [0.15, 0.2) is 42.1 Å². The Bertz CT molecular complexity index is 1070. The Hall–Kier alpha value is -1.18. The topological polar surface area (TPSA) is 54.1 Å². The van der Waals surface area contributed by atoms with Crippen LogP contribution >= 0.6 is 58.4 Å². The quantitative estimate of drug-likeness (QED) is 0.636. The fraction of sp³-hybridized carbons (Fsp3) is 0.222. The second-order valence-corrected chi connectivity index (χ2v) is 12.2. The lowest BCUT2D eigenvalue weighted by atomic mass is 10.3. The highest BCUT2D eigenvalue weighted by molar-refractivity contribution is 8.51. The zero-order valence-electron chi connectivity index (χ0n) is 15.1. The van der Waals surface area contributed by atoms with Crippen LogP contribution in [-0.4, -0.2) is 30.1 Å². The van der Waals surface area contributed by atoms with Gasteiger partial charge in [-0.2, -0.15) is 5.26 Å². The summed E-state index contributed by atoms with van der Waals surface area (Å²) in [6.45, 7) is 4.32. The first kappa shape index (κ1) is 19.2. The lowest BCUT2D eigenvalue weighted by Crippen LogP contribution is -2.19. The molecule has 1 aromatic heterocycles. The first-order valence-electron chi connectivity index (χ1n) is 8.04. The average Bonchev–Trinajstić information content (AvgIpc) is 3.38. The number of nitrogens with one attached hydrogen (secondary N) is 1. The minimum atomic E-state index is 0.418. The molecule has 0 fully saturated rings. The van der Waals surface area contributed by atoms with Crippen LogP contribution in [0.25, 0.3) is 9.81 Å². The molecule has 0 amide bonds. The minimum Gasteiger partial charge on any atom is -0.332 e. The molecule has 138 valence electrons. The van der Waals surface area contributed by atoms with Crippen molar-refractivity contribution in [2.24, 2.45) is 0 Å². The highest BCUT2D eigenvalue weighted by Gasteiger charge is 2.36. The first-order valence-corrected chi connectivity index (χ1v) is 12.1. The molecule has 0 saturated carbocycles. The Balaban J connectivity index is 1.61. The van der Waals surface area contributed by atoms with E-state index in [4.69, 9.17) is 10.7 Å². The summed E-state index contributed by atoms with van der Waals surface area (Å²) in [6, 6.07) is 6.08. The largest absolute Gasteiger partial charge is 0.332 e. The third kappa shape index (κ3) is 3.17. The number of thioether (sulfide) groups is 4. The molecule has 0 aromatic carbocycles. The van der Waals surface area contributed by atoms with Gasteiger partial charge in [-0.3, -0.25) is 0 Å². The zero-order chi connectivity index (χ0) is 19.3. The molecular formula is C18H16N4S5. The summed E-state index contributed by atoms with van der Waals surface area (Å²) in [5, 5.41) is 16.5. The highest BCUT2D eigenvalue weighted by Crippen LogP contribution is 2.68.